The second kappa shape index (κ2) is 5.36. The predicted octanol–water partition coefficient (Wildman–Crippen LogP) is 0.104. The van der Waals surface area contributed by atoms with Crippen molar-refractivity contribution in [1.82, 2.24) is 9.62 Å². The molecule has 2 heterocycles. The third-order valence-corrected chi connectivity index (χ3v) is 5.64. The van der Waals surface area contributed by atoms with Crippen LogP contribution in [-0.2, 0) is 19.6 Å². The zero-order valence-electron chi connectivity index (χ0n) is 11.2. The summed E-state index contributed by atoms with van der Waals surface area (Å²) in [6.07, 6.45) is 0.285. The van der Waals surface area contributed by atoms with Crippen LogP contribution >= 0.6 is 0 Å². The first kappa shape index (κ1) is 14.4. The molecule has 0 bridgehead atoms. The van der Waals surface area contributed by atoms with Gasteiger partial charge in [-0.1, -0.05) is 12.1 Å². The fourth-order valence-electron chi connectivity index (χ4n) is 2.68. The van der Waals surface area contributed by atoms with Gasteiger partial charge in [0.1, 0.15) is 17.3 Å². The van der Waals surface area contributed by atoms with Crippen LogP contribution < -0.4 is 5.32 Å². The van der Waals surface area contributed by atoms with Crippen molar-refractivity contribution in [3.05, 3.63) is 30.1 Å². The molecular weight excluding hydrogens is 299 g/mol. The fraction of sp³-hybridized carbons (Fsp3) is 0.462. The highest BCUT2D eigenvalue weighted by Gasteiger charge is 2.39. The van der Waals surface area contributed by atoms with Gasteiger partial charge in [0, 0.05) is 13.1 Å². The summed E-state index contributed by atoms with van der Waals surface area (Å²) in [5.41, 5.74) is 0. The topological polar surface area (TPSA) is 75.7 Å². The molecule has 0 aromatic heterocycles. The van der Waals surface area contributed by atoms with Crippen molar-refractivity contribution < 1.29 is 22.3 Å². The van der Waals surface area contributed by atoms with E-state index in [1.54, 1.807) is 0 Å². The van der Waals surface area contributed by atoms with Gasteiger partial charge >= 0.3 is 0 Å². The summed E-state index contributed by atoms with van der Waals surface area (Å²) in [4.78, 5) is 11.0. The number of ether oxygens (including phenoxy) is 1. The van der Waals surface area contributed by atoms with Crippen LogP contribution in [0.25, 0.3) is 0 Å². The minimum absolute atomic E-state index is 0.00122. The van der Waals surface area contributed by atoms with Crippen molar-refractivity contribution in [2.75, 3.05) is 19.7 Å². The largest absolute Gasteiger partial charge is 0.366 e. The number of piperidine rings is 1. The number of halogens is 1. The number of fused-ring (bicyclic) bond motifs is 1. The Balaban J connectivity index is 1.84. The molecule has 1 N–H and O–H groups in total. The molecule has 114 valence electrons. The number of amides is 1. The molecule has 2 aliphatic heterocycles. The van der Waals surface area contributed by atoms with Crippen molar-refractivity contribution in [3.8, 4) is 0 Å². The number of hydrogen-bond donors (Lipinski definition) is 1. The lowest BCUT2D eigenvalue weighted by atomic mass is 10.0. The van der Waals surface area contributed by atoms with E-state index < -0.39 is 15.8 Å². The van der Waals surface area contributed by atoms with Gasteiger partial charge in [0.15, 0.2) is 0 Å². The SMILES string of the molecule is O=C1COC2CCN(S(=O)(=O)c3ccccc3F)CC2N1. The molecule has 0 saturated carbocycles. The maximum atomic E-state index is 13.7. The Bertz CT molecular complexity index is 664. The molecule has 0 aliphatic carbocycles. The van der Waals surface area contributed by atoms with Crippen LogP contribution in [0.15, 0.2) is 29.2 Å². The summed E-state index contributed by atoms with van der Waals surface area (Å²) in [5.74, 6) is -1.04. The van der Waals surface area contributed by atoms with E-state index in [2.05, 4.69) is 5.32 Å². The van der Waals surface area contributed by atoms with Crippen molar-refractivity contribution in [2.45, 2.75) is 23.5 Å². The van der Waals surface area contributed by atoms with Crippen molar-refractivity contribution in [1.29, 1.82) is 0 Å². The monoisotopic (exact) mass is 314 g/mol. The van der Waals surface area contributed by atoms with Gasteiger partial charge in [-0.25, -0.2) is 12.8 Å². The molecule has 2 unspecified atom stereocenters. The second-order valence-corrected chi connectivity index (χ2v) is 7.01. The zero-order chi connectivity index (χ0) is 15.0. The minimum Gasteiger partial charge on any atom is -0.366 e. The van der Waals surface area contributed by atoms with Gasteiger partial charge < -0.3 is 10.1 Å². The van der Waals surface area contributed by atoms with Crippen LogP contribution in [0.1, 0.15) is 6.42 Å². The minimum atomic E-state index is -3.91. The standard InChI is InChI=1S/C13H15FN2O4S/c14-9-3-1-2-4-12(9)21(18,19)16-6-5-11-10(7-16)15-13(17)8-20-11/h1-4,10-11H,5-8H2,(H,15,17). The summed E-state index contributed by atoms with van der Waals surface area (Å²) >= 11 is 0. The third kappa shape index (κ3) is 2.66. The lowest BCUT2D eigenvalue weighted by Gasteiger charge is -2.40. The van der Waals surface area contributed by atoms with Crippen LogP contribution in [0.2, 0.25) is 0 Å². The first-order valence-electron chi connectivity index (χ1n) is 6.64. The van der Waals surface area contributed by atoms with E-state index in [0.717, 1.165) is 6.07 Å². The van der Waals surface area contributed by atoms with Crippen LogP contribution in [0, 0.1) is 5.82 Å². The average Bonchev–Trinajstić information content (AvgIpc) is 2.46. The highest BCUT2D eigenvalue weighted by atomic mass is 32.2. The van der Waals surface area contributed by atoms with Gasteiger partial charge in [0.2, 0.25) is 15.9 Å². The fourth-order valence-corrected chi connectivity index (χ4v) is 4.23. The number of benzene rings is 1. The van der Waals surface area contributed by atoms with E-state index in [1.807, 2.05) is 0 Å². The molecule has 1 amide bonds. The lowest BCUT2D eigenvalue weighted by molar-refractivity contribution is -0.139. The normalized spacial score (nSPS) is 27.0. The molecule has 0 spiro atoms. The molecular formula is C13H15FN2O4S. The van der Waals surface area contributed by atoms with Gasteiger partial charge in [0.05, 0.1) is 12.1 Å². The Labute approximate surface area is 121 Å². The third-order valence-electron chi connectivity index (χ3n) is 3.74. The smallest absolute Gasteiger partial charge is 0.246 e. The Morgan fingerprint density at radius 1 is 1.33 bits per heavy atom. The van der Waals surface area contributed by atoms with Gasteiger partial charge in [-0.2, -0.15) is 4.31 Å². The molecule has 2 fully saturated rings. The Hall–Kier alpha value is -1.51. The highest BCUT2D eigenvalue weighted by Crippen LogP contribution is 2.25. The molecule has 1 aromatic carbocycles. The molecule has 0 radical (unpaired) electrons. The molecule has 2 saturated heterocycles. The molecule has 2 aliphatic rings. The number of hydrogen-bond acceptors (Lipinski definition) is 4. The summed E-state index contributed by atoms with van der Waals surface area (Å²) in [6.45, 7) is 0.335. The molecule has 21 heavy (non-hydrogen) atoms. The van der Waals surface area contributed by atoms with Gasteiger partial charge in [-0.3, -0.25) is 4.79 Å². The maximum absolute atomic E-state index is 13.7. The first-order chi connectivity index (χ1) is 9.98. The molecule has 3 rings (SSSR count). The zero-order valence-corrected chi connectivity index (χ0v) is 12.0. The number of carbonyl (C=O) groups is 1. The van der Waals surface area contributed by atoms with Crippen molar-refractivity contribution in [2.24, 2.45) is 0 Å². The van der Waals surface area contributed by atoms with E-state index in [1.165, 1.54) is 22.5 Å². The number of carbonyl (C=O) groups excluding carboxylic acids is 1. The van der Waals surface area contributed by atoms with Crippen molar-refractivity contribution in [3.63, 3.8) is 0 Å². The van der Waals surface area contributed by atoms with Gasteiger partial charge in [-0.15, -0.1) is 0 Å². The van der Waals surface area contributed by atoms with Crippen molar-refractivity contribution >= 4 is 15.9 Å². The highest BCUT2D eigenvalue weighted by molar-refractivity contribution is 7.89. The summed E-state index contributed by atoms with van der Waals surface area (Å²) < 4.78 is 45.3. The Kier molecular flexibility index (Phi) is 3.68. The van der Waals surface area contributed by atoms with E-state index in [9.17, 15) is 17.6 Å². The van der Waals surface area contributed by atoms with E-state index in [-0.39, 0.29) is 42.6 Å². The number of rotatable bonds is 2. The molecule has 6 nitrogen and oxygen atoms in total. The Morgan fingerprint density at radius 3 is 2.86 bits per heavy atom. The van der Waals surface area contributed by atoms with E-state index >= 15 is 0 Å². The lowest BCUT2D eigenvalue weighted by Crippen LogP contribution is -2.61. The van der Waals surface area contributed by atoms with E-state index in [4.69, 9.17) is 4.74 Å². The second-order valence-electron chi connectivity index (χ2n) is 5.11. The Morgan fingerprint density at radius 2 is 2.10 bits per heavy atom. The summed E-state index contributed by atoms with van der Waals surface area (Å²) in [7, 11) is -3.91. The van der Waals surface area contributed by atoms with Gasteiger partial charge in [-0.05, 0) is 18.6 Å². The van der Waals surface area contributed by atoms with Gasteiger partial charge in [0.25, 0.3) is 0 Å². The quantitative estimate of drug-likeness (QED) is 0.840. The van der Waals surface area contributed by atoms with Crippen LogP contribution in [0.4, 0.5) is 4.39 Å². The number of nitrogens with zero attached hydrogens (tertiary/aromatic N) is 1. The maximum Gasteiger partial charge on any atom is 0.246 e. The predicted molar refractivity (Wildman–Crippen MR) is 71.4 cm³/mol. The average molecular weight is 314 g/mol. The first-order valence-corrected chi connectivity index (χ1v) is 8.08. The molecule has 8 heteroatoms. The summed E-state index contributed by atoms with van der Waals surface area (Å²) in [5, 5.41) is 2.72. The van der Waals surface area contributed by atoms with Crippen LogP contribution in [-0.4, -0.2) is 50.5 Å². The molecule has 2 atom stereocenters. The van der Waals surface area contributed by atoms with Crippen LogP contribution in [0.3, 0.4) is 0 Å². The number of sulfonamides is 1. The molecule has 1 aromatic rings. The number of morpholine rings is 1. The summed E-state index contributed by atoms with van der Waals surface area (Å²) in [6, 6.07) is 4.89. The van der Waals surface area contributed by atoms with Crippen LogP contribution in [0.5, 0.6) is 0 Å². The van der Waals surface area contributed by atoms with E-state index in [0.29, 0.717) is 6.42 Å². The number of nitrogens with one attached hydrogen (secondary N) is 1.